The molecule has 0 unspecified atom stereocenters. The van der Waals surface area contributed by atoms with E-state index in [4.69, 9.17) is 4.74 Å². The second-order valence-corrected chi connectivity index (χ2v) is 11.5. The molecule has 0 saturated carbocycles. The summed E-state index contributed by atoms with van der Waals surface area (Å²) in [5.41, 5.74) is 3.35. The lowest BCUT2D eigenvalue weighted by molar-refractivity contribution is -0.122. The van der Waals surface area contributed by atoms with E-state index in [0.29, 0.717) is 12.3 Å². The molecular weight excluding hydrogens is 494 g/mol. The van der Waals surface area contributed by atoms with E-state index >= 15 is 0 Å². The van der Waals surface area contributed by atoms with Crippen molar-refractivity contribution in [2.24, 2.45) is 5.92 Å². The van der Waals surface area contributed by atoms with Crippen LogP contribution in [0.2, 0.25) is 0 Å². The molecule has 3 aromatic rings. The molecule has 210 valence electrons. The lowest BCUT2D eigenvalue weighted by Gasteiger charge is -2.34. The first-order valence-corrected chi connectivity index (χ1v) is 14.8. The molecule has 1 amide bonds. The Kier molecular flexibility index (Phi) is 9.69. The third-order valence-electron chi connectivity index (χ3n) is 8.33. The van der Waals surface area contributed by atoms with Gasteiger partial charge in [0.25, 0.3) is 0 Å². The van der Waals surface area contributed by atoms with Gasteiger partial charge in [0.1, 0.15) is 11.4 Å². The number of hydrogen-bond donors (Lipinski definition) is 2. The summed E-state index contributed by atoms with van der Waals surface area (Å²) in [6.45, 7) is 7.25. The molecule has 2 heterocycles. The van der Waals surface area contributed by atoms with E-state index in [0.717, 1.165) is 75.3 Å². The van der Waals surface area contributed by atoms with E-state index in [1.165, 1.54) is 5.56 Å². The van der Waals surface area contributed by atoms with Crippen molar-refractivity contribution < 1.29 is 9.53 Å². The molecule has 5 heteroatoms. The Bertz CT molecular complexity index is 1170. The molecule has 0 atom stereocenters. The van der Waals surface area contributed by atoms with Crippen LogP contribution in [-0.2, 0) is 4.79 Å². The molecule has 40 heavy (non-hydrogen) atoms. The van der Waals surface area contributed by atoms with Crippen molar-refractivity contribution in [1.82, 2.24) is 15.5 Å². The summed E-state index contributed by atoms with van der Waals surface area (Å²) in [6, 6.07) is 28.8. The number of carbonyl (C=O) groups is 1. The topological polar surface area (TPSA) is 53.6 Å². The molecule has 0 aliphatic carbocycles. The lowest BCUT2D eigenvalue weighted by Crippen LogP contribution is -2.43. The van der Waals surface area contributed by atoms with Gasteiger partial charge < -0.3 is 15.4 Å². The number of amides is 1. The number of likely N-dealkylation sites (tertiary alicyclic amines) is 1. The molecule has 2 saturated heterocycles. The largest absolute Gasteiger partial charge is 0.487 e. The van der Waals surface area contributed by atoms with Crippen molar-refractivity contribution in [2.75, 3.05) is 32.7 Å². The number of ether oxygens (including phenoxy) is 1. The molecule has 0 radical (unpaired) electrons. The Hall–Kier alpha value is -3.41. The zero-order chi connectivity index (χ0) is 27.6. The fraction of sp³-hybridized carbons (Fsp3) is 0.400. The van der Waals surface area contributed by atoms with E-state index in [-0.39, 0.29) is 17.6 Å². The van der Waals surface area contributed by atoms with Gasteiger partial charge >= 0.3 is 0 Å². The number of nitrogens with one attached hydrogen (secondary N) is 2. The van der Waals surface area contributed by atoms with Crippen molar-refractivity contribution in [2.45, 2.75) is 50.7 Å². The highest BCUT2D eigenvalue weighted by Gasteiger charge is 2.28. The summed E-state index contributed by atoms with van der Waals surface area (Å²) in [5.74, 6) is 1.52. The maximum atomic E-state index is 13.1. The predicted octanol–water partition coefficient (Wildman–Crippen LogP) is 6.23. The number of rotatable bonds is 10. The van der Waals surface area contributed by atoms with Crippen LogP contribution in [0.3, 0.4) is 0 Å². The van der Waals surface area contributed by atoms with Gasteiger partial charge in [0, 0.05) is 13.0 Å². The molecular formula is C35H43N3O2. The van der Waals surface area contributed by atoms with Gasteiger partial charge in [-0.1, -0.05) is 84.9 Å². The van der Waals surface area contributed by atoms with Gasteiger partial charge in [0.2, 0.25) is 5.91 Å². The van der Waals surface area contributed by atoms with Crippen LogP contribution < -0.4 is 15.4 Å². The van der Waals surface area contributed by atoms with Crippen molar-refractivity contribution in [1.29, 1.82) is 0 Å². The third-order valence-corrected chi connectivity index (χ3v) is 8.33. The maximum Gasteiger partial charge on any atom is 0.221 e. The van der Waals surface area contributed by atoms with Crippen LogP contribution in [-0.4, -0.2) is 49.1 Å². The van der Waals surface area contributed by atoms with Crippen LogP contribution in [0.5, 0.6) is 5.75 Å². The molecule has 2 aliphatic rings. The van der Waals surface area contributed by atoms with Crippen molar-refractivity contribution in [3.63, 3.8) is 0 Å². The minimum Gasteiger partial charge on any atom is -0.487 e. The first-order chi connectivity index (χ1) is 19.6. The Morgan fingerprint density at radius 1 is 0.950 bits per heavy atom. The highest BCUT2D eigenvalue weighted by atomic mass is 16.5. The van der Waals surface area contributed by atoms with Crippen molar-refractivity contribution >= 4 is 12.0 Å². The van der Waals surface area contributed by atoms with Gasteiger partial charge in [0.05, 0.1) is 6.04 Å². The van der Waals surface area contributed by atoms with Gasteiger partial charge in [-0.25, -0.2) is 0 Å². The highest BCUT2D eigenvalue weighted by molar-refractivity contribution is 5.77. The van der Waals surface area contributed by atoms with Crippen LogP contribution in [0.4, 0.5) is 0 Å². The van der Waals surface area contributed by atoms with Crippen molar-refractivity contribution in [3.8, 4) is 5.75 Å². The summed E-state index contributed by atoms with van der Waals surface area (Å²) < 4.78 is 6.30. The van der Waals surface area contributed by atoms with Gasteiger partial charge in [-0.15, -0.1) is 0 Å². The standard InChI is InChI=1S/C35H43N3O2/c1-35(20-22-36-23-21-35)40-32-16-14-28(15-17-32)9-8-24-38-25-18-29(19-26-38)27-33(39)37-34(30-10-4-2-5-11-30)31-12-6-3-7-13-31/h2-17,29,34,36H,18-27H2,1H3,(H,37,39)/b9-8+. The van der Waals surface area contributed by atoms with Crippen LogP contribution in [0.1, 0.15) is 61.8 Å². The predicted molar refractivity (Wildman–Crippen MR) is 163 cm³/mol. The third kappa shape index (κ3) is 8.06. The number of hydrogen-bond acceptors (Lipinski definition) is 4. The van der Waals surface area contributed by atoms with E-state index in [1.807, 2.05) is 36.4 Å². The minimum atomic E-state index is -0.117. The first kappa shape index (κ1) is 28.1. The SMILES string of the molecule is CC1(Oc2ccc(/C=C/CN3CCC(CC(=O)NC(c4ccccc4)c4ccccc4)CC3)cc2)CCNCC1. The fourth-order valence-corrected chi connectivity index (χ4v) is 5.83. The molecule has 0 spiro atoms. The van der Waals surface area contributed by atoms with Gasteiger partial charge in [-0.2, -0.15) is 0 Å². The van der Waals surface area contributed by atoms with E-state index in [9.17, 15) is 4.79 Å². The molecule has 3 aromatic carbocycles. The monoisotopic (exact) mass is 537 g/mol. The maximum absolute atomic E-state index is 13.1. The molecule has 0 aromatic heterocycles. The number of carbonyl (C=O) groups excluding carboxylic acids is 1. The average molecular weight is 538 g/mol. The molecule has 5 rings (SSSR count). The van der Waals surface area contributed by atoms with Crippen LogP contribution in [0.15, 0.2) is 91.0 Å². The van der Waals surface area contributed by atoms with Crippen molar-refractivity contribution in [3.05, 3.63) is 108 Å². The molecule has 2 N–H and O–H groups in total. The highest BCUT2D eigenvalue weighted by Crippen LogP contribution is 2.27. The minimum absolute atomic E-state index is 0.0686. The van der Waals surface area contributed by atoms with E-state index in [2.05, 4.69) is 83.1 Å². The zero-order valence-electron chi connectivity index (χ0n) is 23.7. The Morgan fingerprint density at radius 3 is 2.15 bits per heavy atom. The Balaban J connectivity index is 1.05. The summed E-state index contributed by atoms with van der Waals surface area (Å²) in [6.07, 6.45) is 9.23. The normalized spacial score (nSPS) is 18.1. The van der Waals surface area contributed by atoms with Gasteiger partial charge in [-0.05, 0) is 93.5 Å². The van der Waals surface area contributed by atoms with Gasteiger partial charge in [0.15, 0.2) is 0 Å². The second kappa shape index (κ2) is 13.8. The summed E-state index contributed by atoms with van der Waals surface area (Å²) in [4.78, 5) is 15.6. The van der Waals surface area contributed by atoms with E-state index < -0.39 is 0 Å². The van der Waals surface area contributed by atoms with Crippen LogP contribution in [0.25, 0.3) is 6.08 Å². The summed E-state index contributed by atoms with van der Waals surface area (Å²) in [7, 11) is 0. The smallest absolute Gasteiger partial charge is 0.221 e. The molecule has 5 nitrogen and oxygen atoms in total. The molecule has 0 bridgehead atoms. The number of piperidine rings is 2. The molecule has 2 aliphatic heterocycles. The zero-order valence-corrected chi connectivity index (χ0v) is 23.7. The average Bonchev–Trinajstić information content (AvgIpc) is 2.99. The van der Waals surface area contributed by atoms with Gasteiger partial charge in [-0.3, -0.25) is 9.69 Å². The van der Waals surface area contributed by atoms with Crippen LogP contribution in [0, 0.1) is 5.92 Å². The summed E-state index contributed by atoms with van der Waals surface area (Å²) in [5, 5.41) is 6.72. The fourth-order valence-electron chi connectivity index (χ4n) is 5.83. The Morgan fingerprint density at radius 2 is 1.55 bits per heavy atom. The lowest BCUT2D eigenvalue weighted by atomic mass is 9.92. The van der Waals surface area contributed by atoms with E-state index in [1.54, 1.807) is 0 Å². The van der Waals surface area contributed by atoms with Crippen LogP contribution >= 0.6 is 0 Å². The molecule has 2 fully saturated rings. The first-order valence-electron chi connectivity index (χ1n) is 14.8. The number of nitrogens with zero attached hydrogens (tertiary/aromatic N) is 1. The summed E-state index contributed by atoms with van der Waals surface area (Å²) >= 11 is 0. The second-order valence-electron chi connectivity index (χ2n) is 11.5. The Labute approximate surface area is 239 Å². The quantitative estimate of drug-likeness (QED) is 0.322. The number of benzene rings is 3.